The number of piperidine rings is 1. The summed E-state index contributed by atoms with van der Waals surface area (Å²) in [7, 11) is 1.79. The molecule has 1 saturated heterocycles. The van der Waals surface area contributed by atoms with Gasteiger partial charge in [-0.15, -0.1) is 0 Å². The van der Waals surface area contributed by atoms with Crippen LogP contribution in [0.5, 0.6) is 5.75 Å². The fourth-order valence-electron chi connectivity index (χ4n) is 3.12. The average molecular weight is 330 g/mol. The van der Waals surface area contributed by atoms with Crippen molar-refractivity contribution in [2.75, 3.05) is 26.8 Å². The molecule has 24 heavy (non-hydrogen) atoms. The lowest BCUT2D eigenvalue weighted by atomic mass is 10.1. The van der Waals surface area contributed by atoms with E-state index in [9.17, 15) is 0 Å². The van der Waals surface area contributed by atoms with Crippen molar-refractivity contribution in [3.8, 4) is 17.2 Å². The van der Waals surface area contributed by atoms with E-state index in [4.69, 9.17) is 18.9 Å². The van der Waals surface area contributed by atoms with E-state index in [1.807, 2.05) is 38.1 Å². The van der Waals surface area contributed by atoms with Crippen LogP contribution >= 0.6 is 0 Å². The molecular weight excluding hydrogens is 304 g/mol. The summed E-state index contributed by atoms with van der Waals surface area (Å²) in [4.78, 5) is 7.10. The smallest absolute Gasteiger partial charge is 0.226 e. The van der Waals surface area contributed by atoms with Crippen molar-refractivity contribution in [1.82, 2.24) is 9.88 Å². The predicted octanol–water partition coefficient (Wildman–Crippen LogP) is 3.66. The summed E-state index contributed by atoms with van der Waals surface area (Å²) < 4.78 is 16.9. The maximum absolute atomic E-state index is 5.89. The van der Waals surface area contributed by atoms with E-state index in [0.717, 1.165) is 48.8 Å². The Hall–Kier alpha value is -1.85. The number of hydrogen-bond donors (Lipinski definition) is 0. The number of oxazole rings is 1. The van der Waals surface area contributed by atoms with Crippen LogP contribution in [0.3, 0.4) is 0 Å². The van der Waals surface area contributed by atoms with Crippen LogP contribution in [0.15, 0.2) is 28.7 Å². The van der Waals surface area contributed by atoms with Crippen LogP contribution < -0.4 is 4.74 Å². The molecule has 0 bridgehead atoms. The van der Waals surface area contributed by atoms with Crippen molar-refractivity contribution >= 4 is 0 Å². The summed E-state index contributed by atoms with van der Waals surface area (Å²) >= 11 is 0. The summed E-state index contributed by atoms with van der Waals surface area (Å²) in [5.41, 5.74) is 1.98. The van der Waals surface area contributed by atoms with Crippen molar-refractivity contribution in [2.45, 2.75) is 39.3 Å². The van der Waals surface area contributed by atoms with E-state index in [-0.39, 0.29) is 0 Å². The summed E-state index contributed by atoms with van der Waals surface area (Å²) in [6.07, 6.45) is 2.64. The van der Waals surface area contributed by atoms with E-state index in [0.29, 0.717) is 18.6 Å². The molecule has 0 unspecified atom stereocenters. The first kappa shape index (κ1) is 17.0. The molecule has 0 aliphatic carbocycles. The molecule has 2 aromatic rings. The third-order valence-corrected chi connectivity index (χ3v) is 4.47. The second-order valence-corrected chi connectivity index (χ2v) is 6.21. The molecule has 130 valence electrons. The van der Waals surface area contributed by atoms with Gasteiger partial charge in [0, 0.05) is 25.8 Å². The van der Waals surface area contributed by atoms with Crippen molar-refractivity contribution in [3.63, 3.8) is 0 Å². The monoisotopic (exact) mass is 330 g/mol. The number of benzene rings is 1. The Bertz CT molecular complexity index is 651. The molecule has 1 aliphatic rings. The molecular formula is C19H26N2O3. The van der Waals surface area contributed by atoms with Gasteiger partial charge in [-0.2, -0.15) is 0 Å². The Kier molecular flexibility index (Phi) is 5.53. The number of likely N-dealkylation sites (tertiary alicyclic amines) is 1. The molecule has 1 aromatic heterocycles. The molecule has 0 N–H and O–H groups in total. The van der Waals surface area contributed by atoms with Crippen molar-refractivity contribution < 1.29 is 13.9 Å². The molecule has 3 rings (SSSR count). The molecule has 5 nitrogen and oxygen atoms in total. The highest BCUT2D eigenvalue weighted by atomic mass is 16.5. The summed E-state index contributed by atoms with van der Waals surface area (Å²) in [6.45, 7) is 7.49. The highest BCUT2D eigenvalue weighted by Gasteiger charge is 2.22. The third kappa shape index (κ3) is 3.97. The van der Waals surface area contributed by atoms with Gasteiger partial charge in [-0.3, -0.25) is 4.90 Å². The molecule has 0 saturated carbocycles. The quantitative estimate of drug-likeness (QED) is 0.809. The lowest BCUT2D eigenvalue weighted by Gasteiger charge is -2.31. The minimum absolute atomic E-state index is 0.330. The summed E-state index contributed by atoms with van der Waals surface area (Å²) in [5.74, 6) is 2.42. The molecule has 2 heterocycles. The Labute approximate surface area is 143 Å². The highest BCUT2D eigenvalue weighted by molar-refractivity contribution is 5.55. The first-order chi connectivity index (χ1) is 11.7. The Balaban J connectivity index is 1.70. The van der Waals surface area contributed by atoms with Gasteiger partial charge in [-0.1, -0.05) is 0 Å². The molecule has 1 aromatic carbocycles. The Morgan fingerprint density at radius 2 is 2.08 bits per heavy atom. The lowest BCUT2D eigenvalue weighted by molar-refractivity contribution is 0.0280. The Morgan fingerprint density at radius 3 is 2.79 bits per heavy atom. The zero-order chi connectivity index (χ0) is 16.9. The van der Waals surface area contributed by atoms with E-state index in [2.05, 4.69) is 4.90 Å². The van der Waals surface area contributed by atoms with E-state index < -0.39 is 0 Å². The van der Waals surface area contributed by atoms with Crippen LogP contribution in [0.2, 0.25) is 0 Å². The summed E-state index contributed by atoms with van der Waals surface area (Å²) in [6, 6.07) is 7.88. The number of rotatable bonds is 6. The minimum atomic E-state index is 0.330. The molecule has 1 atom stereocenters. The molecule has 0 amide bonds. The zero-order valence-corrected chi connectivity index (χ0v) is 14.7. The number of ether oxygens (including phenoxy) is 2. The lowest BCUT2D eigenvalue weighted by Crippen LogP contribution is -2.38. The highest BCUT2D eigenvalue weighted by Crippen LogP contribution is 2.25. The van der Waals surface area contributed by atoms with Gasteiger partial charge in [0.15, 0.2) is 0 Å². The SMILES string of the molecule is CCOc1ccc(-c2nc(CN3CCC[C@@H](OC)C3)c(C)o2)cc1. The average Bonchev–Trinajstić information content (AvgIpc) is 2.97. The van der Waals surface area contributed by atoms with Gasteiger partial charge in [0.1, 0.15) is 11.5 Å². The summed E-state index contributed by atoms with van der Waals surface area (Å²) in [5, 5.41) is 0. The minimum Gasteiger partial charge on any atom is -0.494 e. The van der Waals surface area contributed by atoms with Gasteiger partial charge in [0.25, 0.3) is 0 Å². The molecule has 0 radical (unpaired) electrons. The van der Waals surface area contributed by atoms with Crippen molar-refractivity contribution in [2.24, 2.45) is 0 Å². The number of methoxy groups -OCH3 is 1. The van der Waals surface area contributed by atoms with Gasteiger partial charge >= 0.3 is 0 Å². The molecule has 5 heteroatoms. The Morgan fingerprint density at radius 1 is 1.29 bits per heavy atom. The second kappa shape index (κ2) is 7.81. The van der Waals surface area contributed by atoms with Crippen LogP contribution in [0, 0.1) is 6.92 Å². The topological polar surface area (TPSA) is 47.7 Å². The first-order valence-electron chi connectivity index (χ1n) is 8.64. The number of nitrogens with zero attached hydrogens (tertiary/aromatic N) is 2. The van der Waals surface area contributed by atoms with Crippen LogP contribution in [0.4, 0.5) is 0 Å². The number of aromatic nitrogens is 1. The molecule has 0 spiro atoms. The fraction of sp³-hybridized carbons (Fsp3) is 0.526. The maximum Gasteiger partial charge on any atom is 0.226 e. The first-order valence-corrected chi connectivity index (χ1v) is 8.64. The fourth-order valence-corrected chi connectivity index (χ4v) is 3.12. The normalized spacial score (nSPS) is 18.7. The van der Waals surface area contributed by atoms with Gasteiger partial charge in [-0.25, -0.2) is 4.98 Å². The van der Waals surface area contributed by atoms with E-state index >= 15 is 0 Å². The molecule has 1 aliphatic heterocycles. The van der Waals surface area contributed by atoms with E-state index in [1.165, 1.54) is 6.42 Å². The standard InChI is InChI=1S/C19H26N2O3/c1-4-23-16-9-7-15(8-10-16)19-20-18(14(2)24-19)13-21-11-5-6-17(12-21)22-3/h7-10,17H,4-6,11-13H2,1-3H3/t17-/m1/s1. The van der Waals surface area contributed by atoms with Gasteiger partial charge in [0.05, 0.1) is 18.4 Å². The van der Waals surface area contributed by atoms with Crippen LogP contribution in [0.25, 0.3) is 11.5 Å². The number of hydrogen-bond acceptors (Lipinski definition) is 5. The largest absolute Gasteiger partial charge is 0.494 e. The van der Waals surface area contributed by atoms with Crippen molar-refractivity contribution in [3.05, 3.63) is 35.7 Å². The number of aryl methyl sites for hydroxylation is 1. The van der Waals surface area contributed by atoms with Crippen LogP contribution in [0.1, 0.15) is 31.2 Å². The van der Waals surface area contributed by atoms with Crippen LogP contribution in [-0.2, 0) is 11.3 Å². The van der Waals surface area contributed by atoms with Gasteiger partial charge in [0.2, 0.25) is 5.89 Å². The maximum atomic E-state index is 5.89. The second-order valence-electron chi connectivity index (χ2n) is 6.21. The third-order valence-electron chi connectivity index (χ3n) is 4.47. The van der Waals surface area contributed by atoms with E-state index in [1.54, 1.807) is 7.11 Å². The zero-order valence-electron chi connectivity index (χ0n) is 14.7. The van der Waals surface area contributed by atoms with Crippen molar-refractivity contribution in [1.29, 1.82) is 0 Å². The van der Waals surface area contributed by atoms with Gasteiger partial charge in [-0.05, 0) is 57.5 Å². The van der Waals surface area contributed by atoms with Crippen LogP contribution in [-0.4, -0.2) is 42.8 Å². The molecule has 1 fully saturated rings. The van der Waals surface area contributed by atoms with Gasteiger partial charge < -0.3 is 13.9 Å². The predicted molar refractivity (Wildman–Crippen MR) is 93.2 cm³/mol.